The van der Waals surface area contributed by atoms with Crippen LogP contribution in [-0.2, 0) is 9.59 Å². The Hall–Kier alpha value is 0.0300. The van der Waals surface area contributed by atoms with Crippen LogP contribution in [0.5, 0.6) is 0 Å². The highest BCUT2D eigenvalue weighted by atomic mass is 127. The molecule has 2 saturated carbocycles. The molecule has 3 atom stereocenters. The highest BCUT2D eigenvalue weighted by Crippen LogP contribution is 2.81. The largest absolute Gasteiger partial charge is 0.301 e. The van der Waals surface area contributed by atoms with E-state index in [0.717, 1.165) is 19.1 Å². The van der Waals surface area contributed by atoms with Gasteiger partial charge in [0, 0.05) is 34.2 Å². The fourth-order valence-corrected chi connectivity index (χ4v) is 4.87. The van der Waals surface area contributed by atoms with Crippen LogP contribution >= 0.6 is 22.9 Å². The van der Waals surface area contributed by atoms with Crippen molar-refractivity contribution in [2.45, 2.75) is 39.2 Å². The Labute approximate surface area is 104 Å². The van der Waals surface area contributed by atoms with E-state index in [1.807, 2.05) is 22.9 Å². The van der Waals surface area contributed by atoms with Crippen LogP contribution in [0, 0.1) is 16.7 Å². The summed E-state index contributed by atoms with van der Waals surface area (Å²) in [6.07, 6.45) is 2.85. The first kappa shape index (κ1) is 11.5. The van der Waals surface area contributed by atoms with E-state index in [1.54, 1.807) is 6.92 Å². The van der Waals surface area contributed by atoms with Crippen molar-refractivity contribution in [2.75, 3.05) is 0 Å². The molecule has 15 heavy (non-hydrogen) atoms. The van der Waals surface area contributed by atoms with Crippen LogP contribution in [0.2, 0.25) is 0 Å². The minimum absolute atomic E-state index is 0.0316. The summed E-state index contributed by atoms with van der Waals surface area (Å²) in [5.74, 6) is 0.267. The van der Waals surface area contributed by atoms with Gasteiger partial charge in [0.15, 0.2) is 0 Å². The molecular formula is C11H16INO2. The van der Waals surface area contributed by atoms with Crippen molar-refractivity contribution in [2.24, 2.45) is 16.7 Å². The third-order valence-electron chi connectivity index (χ3n) is 4.77. The van der Waals surface area contributed by atoms with Crippen LogP contribution in [0.4, 0.5) is 0 Å². The molecule has 1 N–H and O–H groups in total. The summed E-state index contributed by atoms with van der Waals surface area (Å²) in [6.45, 7) is 5.84. The summed E-state index contributed by atoms with van der Waals surface area (Å²) in [7, 11) is 0. The van der Waals surface area contributed by atoms with Gasteiger partial charge in [0.05, 0.1) is 5.54 Å². The van der Waals surface area contributed by atoms with E-state index in [-0.39, 0.29) is 22.5 Å². The SMILES string of the molecule is CC(=O)C1C(C)(C)[C@]12CCC2(C=O)NI. The highest BCUT2D eigenvalue weighted by Gasteiger charge is 2.84. The van der Waals surface area contributed by atoms with Crippen LogP contribution in [-0.4, -0.2) is 17.6 Å². The maximum Gasteiger partial charge on any atom is 0.141 e. The predicted molar refractivity (Wildman–Crippen MR) is 65.6 cm³/mol. The second kappa shape index (κ2) is 3.03. The standard InChI is InChI=1S/C11H16INO2/c1-7(15)8-9(2,3)11(8)5-4-10(11,6-14)13-12/h6,8,13H,4-5H2,1-3H3/t8?,10?,11-/m0/s1. The summed E-state index contributed by atoms with van der Waals surface area (Å²) in [4.78, 5) is 22.9. The van der Waals surface area contributed by atoms with Crippen LogP contribution < -0.4 is 3.53 Å². The van der Waals surface area contributed by atoms with Gasteiger partial charge in [-0.3, -0.25) is 4.79 Å². The van der Waals surface area contributed by atoms with Crippen molar-refractivity contribution in [3.63, 3.8) is 0 Å². The predicted octanol–water partition coefficient (Wildman–Crippen LogP) is 1.89. The molecule has 0 aromatic heterocycles. The van der Waals surface area contributed by atoms with Gasteiger partial charge in [-0.15, -0.1) is 0 Å². The number of Topliss-reactive ketones (excluding diaryl/α,β-unsaturated/α-hetero) is 1. The second-order valence-electron chi connectivity index (χ2n) is 5.42. The first-order valence-electron chi connectivity index (χ1n) is 5.24. The van der Waals surface area contributed by atoms with Crippen molar-refractivity contribution < 1.29 is 9.59 Å². The average Bonchev–Trinajstić information content (AvgIpc) is 2.67. The van der Waals surface area contributed by atoms with Crippen molar-refractivity contribution in [1.29, 1.82) is 0 Å². The molecule has 84 valence electrons. The Bertz CT molecular complexity index is 337. The van der Waals surface area contributed by atoms with Crippen LogP contribution in [0.3, 0.4) is 0 Å². The molecule has 2 unspecified atom stereocenters. The van der Waals surface area contributed by atoms with E-state index < -0.39 is 5.54 Å². The third-order valence-corrected chi connectivity index (χ3v) is 5.73. The summed E-state index contributed by atoms with van der Waals surface area (Å²) >= 11 is 2.04. The number of hydrogen-bond donors (Lipinski definition) is 1. The Morgan fingerprint density at radius 1 is 1.47 bits per heavy atom. The molecule has 0 aromatic carbocycles. The molecule has 0 bridgehead atoms. The minimum atomic E-state index is -0.465. The van der Waals surface area contributed by atoms with Crippen molar-refractivity contribution in [3.05, 3.63) is 0 Å². The summed E-state index contributed by atoms with van der Waals surface area (Å²) in [5.41, 5.74) is -0.613. The zero-order chi connectivity index (χ0) is 11.5. The van der Waals surface area contributed by atoms with Crippen LogP contribution in [0.25, 0.3) is 0 Å². The Kier molecular flexibility index (Phi) is 2.33. The van der Waals surface area contributed by atoms with E-state index >= 15 is 0 Å². The zero-order valence-corrected chi connectivity index (χ0v) is 11.4. The summed E-state index contributed by atoms with van der Waals surface area (Å²) in [5, 5.41) is 0. The van der Waals surface area contributed by atoms with E-state index in [2.05, 4.69) is 17.4 Å². The highest BCUT2D eigenvalue weighted by molar-refractivity contribution is 14.1. The van der Waals surface area contributed by atoms with Gasteiger partial charge in [0.1, 0.15) is 12.1 Å². The van der Waals surface area contributed by atoms with Gasteiger partial charge in [-0.05, 0) is 25.2 Å². The number of aldehydes is 1. The molecule has 0 saturated heterocycles. The molecular weight excluding hydrogens is 305 g/mol. The van der Waals surface area contributed by atoms with Gasteiger partial charge in [-0.1, -0.05) is 13.8 Å². The van der Waals surface area contributed by atoms with Gasteiger partial charge >= 0.3 is 0 Å². The van der Waals surface area contributed by atoms with E-state index in [1.165, 1.54) is 0 Å². The monoisotopic (exact) mass is 321 g/mol. The minimum Gasteiger partial charge on any atom is -0.301 e. The molecule has 0 aromatic rings. The number of halogens is 1. The van der Waals surface area contributed by atoms with E-state index in [9.17, 15) is 9.59 Å². The Morgan fingerprint density at radius 3 is 2.27 bits per heavy atom. The van der Waals surface area contributed by atoms with Crippen LogP contribution in [0.1, 0.15) is 33.6 Å². The third kappa shape index (κ3) is 1.00. The normalized spacial score (nSPS) is 46.0. The second-order valence-corrected chi connectivity index (χ2v) is 5.96. The van der Waals surface area contributed by atoms with Crippen molar-refractivity contribution in [3.8, 4) is 0 Å². The lowest BCUT2D eigenvalue weighted by atomic mass is 9.60. The summed E-state index contributed by atoms with van der Waals surface area (Å²) in [6, 6.07) is 0. The van der Waals surface area contributed by atoms with Gasteiger partial charge in [-0.2, -0.15) is 0 Å². The quantitative estimate of drug-likeness (QED) is 0.491. The molecule has 0 amide bonds. The molecule has 3 nitrogen and oxygen atoms in total. The lowest BCUT2D eigenvalue weighted by molar-refractivity contribution is -0.124. The maximum atomic E-state index is 11.6. The first-order valence-corrected chi connectivity index (χ1v) is 6.32. The smallest absolute Gasteiger partial charge is 0.141 e. The van der Waals surface area contributed by atoms with Crippen molar-refractivity contribution >= 4 is 34.9 Å². The fraction of sp³-hybridized carbons (Fsp3) is 0.818. The number of rotatable bonds is 3. The van der Waals surface area contributed by atoms with Crippen molar-refractivity contribution in [1.82, 2.24) is 3.53 Å². The molecule has 0 heterocycles. The topological polar surface area (TPSA) is 46.2 Å². The fourth-order valence-electron chi connectivity index (χ4n) is 3.99. The number of carbonyl (C=O) groups excluding carboxylic acids is 2. The summed E-state index contributed by atoms with van der Waals surface area (Å²) < 4.78 is 3.11. The molecule has 4 heteroatoms. The molecule has 2 rings (SSSR count). The number of hydrogen-bond acceptors (Lipinski definition) is 3. The zero-order valence-electron chi connectivity index (χ0n) is 9.26. The van der Waals surface area contributed by atoms with Gasteiger partial charge in [0.25, 0.3) is 0 Å². The number of ketones is 1. The average molecular weight is 321 g/mol. The Balaban J connectivity index is 2.39. The molecule has 2 fully saturated rings. The molecule has 2 aliphatic carbocycles. The lowest BCUT2D eigenvalue weighted by Crippen LogP contribution is -2.60. The van der Waals surface area contributed by atoms with Gasteiger partial charge in [0.2, 0.25) is 0 Å². The molecule has 2 aliphatic rings. The van der Waals surface area contributed by atoms with E-state index in [0.29, 0.717) is 0 Å². The van der Waals surface area contributed by atoms with Gasteiger partial charge < -0.3 is 4.79 Å². The molecule has 0 radical (unpaired) electrons. The van der Waals surface area contributed by atoms with E-state index in [4.69, 9.17) is 0 Å². The first-order chi connectivity index (χ1) is 6.89. The lowest BCUT2D eigenvalue weighted by Gasteiger charge is -2.48. The number of carbonyl (C=O) groups is 2. The molecule has 0 aliphatic heterocycles. The number of nitrogens with one attached hydrogen (secondary N) is 1. The Morgan fingerprint density at radius 2 is 2.07 bits per heavy atom. The molecule has 1 spiro atoms. The maximum absolute atomic E-state index is 11.6. The van der Waals surface area contributed by atoms with Crippen LogP contribution in [0.15, 0.2) is 0 Å². The van der Waals surface area contributed by atoms with Gasteiger partial charge in [-0.25, -0.2) is 3.53 Å².